The van der Waals surface area contributed by atoms with E-state index in [-0.39, 0.29) is 35.3 Å². The van der Waals surface area contributed by atoms with Crippen LogP contribution in [-0.2, 0) is 33.5 Å². The molecule has 0 atom stereocenters. The molecule has 0 radical (unpaired) electrons. The summed E-state index contributed by atoms with van der Waals surface area (Å²) in [6.07, 6.45) is 1.41. The topological polar surface area (TPSA) is 68.2 Å². The van der Waals surface area contributed by atoms with E-state index < -0.39 is 21.4 Å². The van der Waals surface area contributed by atoms with E-state index in [1.807, 2.05) is 0 Å². The molecule has 1 amide bonds. The van der Waals surface area contributed by atoms with Crippen molar-refractivity contribution in [1.82, 2.24) is 9.88 Å². The summed E-state index contributed by atoms with van der Waals surface area (Å²) in [5, 5.41) is 3.21. The van der Waals surface area contributed by atoms with Gasteiger partial charge in [-0.3, -0.25) is 4.79 Å². The summed E-state index contributed by atoms with van der Waals surface area (Å²) in [5.41, 5.74) is 1.41. The average Bonchev–Trinajstić information content (AvgIpc) is 3.14. The van der Waals surface area contributed by atoms with Gasteiger partial charge in [0.15, 0.2) is 9.84 Å². The van der Waals surface area contributed by atoms with Gasteiger partial charge in [0.25, 0.3) is 0 Å². The number of carbonyl (C=O) groups is 1. The van der Waals surface area contributed by atoms with Crippen LogP contribution in [0.2, 0.25) is 0 Å². The number of benzene rings is 3. The minimum Gasteiger partial charge on any atom is -0.350 e. The summed E-state index contributed by atoms with van der Waals surface area (Å²) in [6, 6.07) is 18.4. The molecule has 32 heavy (non-hydrogen) atoms. The van der Waals surface area contributed by atoms with Gasteiger partial charge in [-0.25, -0.2) is 17.2 Å². The van der Waals surface area contributed by atoms with Gasteiger partial charge >= 0.3 is 0 Å². The Kier molecular flexibility index (Phi) is 6.05. The first-order chi connectivity index (χ1) is 15.3. The first-order valence-corrected chi connectivity index (χ1v) is 11.5. The number of fused-ring (bicyclic) bond motifs is 1. The number of sulfone groups is 1. The zero-order valence-electron chi connectivity index (χ0n) is 17.0. The molecule has 0 unspecified atom stereocenters. The van der Waals surface area contributed by atoms with Gasteiger partial charge in [0.2, 0.25) is 5.91 Å². The number of para-hydroxylation sites is 1. The fourth-order valence-electron chi connectivity index (χ4n) is 3.50. The standard InChI is InChI=1S/C24H20F2N2O3S/c25-19-11-9-17(10-12-19)13-27-24(29)15-28-14-23(20-6-2-4-8-22(20)28)32(30,31)16-18-5-1-3-7-21(18)26/h1-12,14H,13,15-16H2,(H,27,29). The number of hydrogen-bond donors (Lipinski definition) is 1. The molecule has 4 rings (SSSR count). The van der Waals surface area contributed by atoms with E-state index in [4.69, 9.17) is 0 Å². The zero-order valence-corrected chi connectivity index (χ0v) is 17.8. The molecule has 4 aromatic rings. The summed E-state index contributed by atoms with van der Waals surface area (Å²) in [5.74, 6) is -1.75. The van der Waals surface area contributed by atoms with Crippen LogP contribution in [0, 0.1) is 11.6 Å². The number of carbonyl (C=O) groups excluding carboxylic acids is 1. The van der Waals surface area contributed by atoms with Gasteiger partial charge in [-0.2, -0.15) is 0 Å². The highest BCUT2D eigenvalue weighted by atomic mass is 32.2. The molecule has 1 heterocycles. The Morgan fingerprint density at radius 2 is 1.59 bits per heavy atom. The Morgan fingerprint density at radius 1 is 0.906 bits per heavy atom. The largest absolute Gasteiger partial charge is 0.350 e. The first kappa shape index (κ1) is 21.7. The molecule has 1 aromatic heterocycles. The van der Waals surface area contributed by atoms with Crippen molar-refractivity contribution >= 4 is 26.6 Å². The zero-order chi connectivity index (χ0) is 22.7. The van der Waals surface area contributed by atoms with Gasteiger partial charge in [-0.1, -0.05) is 48.5 Å². The van der Waals surface area contributed by atoms with Crippen LogP contribution in [0.25, 0.3) is 10.9 Å². The van der Waals surface area contributed by atoms with Gasteiger partial charge in [-0.15, -0.1) is 0 Å². The number of aromatic nitrogens is 1. The van der Waals surface area contributed by atoms with E-state index in [1.54, 1.807) is 47.0 Å². The van der Waals surface area contributed by atoms with Crippen LogP contribution in [0.5, 0.6) is 0 Å². The average molecular weight is 454 g/mol. The second-order valence-electron chi connectivity index (χ2n) is 7.39. The van der Waals surface area contributed by atoms with Crippen LogP contribution >= 0.6 is 0 Å². The molecule has 0 bridgehead atoms. The lowest BCUT2D eigenvalue weighted by atomic mass is 10.2. The summed E-state index contributed by atoms with van der Waals surface area (Å²) >= 11 is 0. The van der Waals surface area contributed by atoms with Crippen LogP contribution in [-0.4, -0.2) is 18.9 Å². The number of nitrogens with zero attached hydrogens (tertiary/aromatic N) is 1. The number of nitrogens with one attached hydrogen (secondary N) is 1. The highest BCUT2D eigenvalue weighted by molar-refractivity contribution is 7.90. The molecule has 3 aromatic carbocycles. The molecule has 8 heteroatoms. The second kappa shape index (κ2) is 8.92. The summed E-state index contributed by atoms with van der Waals surface area (Å²) in [7, 11) is -3.86. The molecule has 0 aliphatic carbocycles. The highest BCUT2D eigenvalue weighted by Gasteiger charge is 2.23. The van der Waals surface area contributed by atoms with Crippen LogP contribution in [0.1, 0.15) is 11.1 Å². The Morgan fingerprint density at radius 3 is 2.34 bits per heavy atom. The molecular weight excluding hydrogens is 434 g/mol. The third kappa shape index (κ3) is 4.70. The van der Waals surface area contributed by atoms with Crippen molar-refractivity contribution in [3.8, 4) is 0 Å². The van der Waals surface area contributed by atoms with Gasteiger partial charge in [0.05, 0.1) is 10.6 Å². The van der Waals surface area contributed by atoms with Gasteiger partial charge in [0, 0.05) is 29.2 Å². The predicted octanol–water partition coefficient (Wildman–Crippen LogP) is 4.21. The molecule has 0 aliphatic rings. The van der Waals surface area contributed by atoms with Crippen molar-refractivity contribution in [2.45, 2.75) is 23.7 Å². The number of amides is 1. The van der Waals surface area contributed by atoms with E-state index >= 15 is 0 Å². The normalized spacial score (nSPS) is 11.6. The summed E-state index contributed by atoms with van der Waals surface area (Å²) in [4.78, 5) is 12.5. The SMILES string of the molecule is O=C(Cn1cc(S(=O)(=O)Cc2ccccc2F)c2ccccc21)NCc1ccc(F)cc1. The number of rotatable bonds is 7. The maximum absolute atomic E-state index is 14.0. The Hall–Kier alpha value is -3.52. The van der Waals surface area contributed by atoms with Gasteiger partial charge in [-0.05, 0) is 29.8 Å². The van der Waals surface area contributed by atoms with Crippen molar-refractivity contribution in [2.75, 3.05) is 0 Å². The predicted molar refractivity (Wildman–Crippen MR) is 117 cm³/mol. The van der Waals surface area contributed by atoms with Crippen molar-refractivity contribution < 1.29 is 22.0 Å². The monoisotopic (exact) mass is 454 g/mol. The fourth-order valence-corrected chi connectivity index (χ4v) is 5.10. The van der Waals surface area contributed by atoms with E-state index in [0.717, 1.165) is 5.56 Å². The Labute approximate surface area is 184 Å². The molecule has 0 fully saturated rings. The summed E-state index contributed by atoms with van der Waals surface area (Å²) in [6.45, 7) is 0.119. The maximum atomic E-state index is 14.0. The van der Waals surface area contributed by atoms with E-state index in [2.05, 4.69) is 5.32 Å². The van der Waals surface area contributed by atoms with E-state index in [9.17, 15) is 22.0 Å². The van der Waals surface area contributed by atoms with Crippen molar-refractivity contribution in [1.29, 1.82) is 0 Å². The van der Waals surface area contributed by atoms with Gasteiger partial charge < -0.3 is 9.88 Å². The van der Waals surface area contributed by atoms with Crippen molar-refractivity contribution in [2.24, 2.45) is 0 Å². The first-order valence-electron chi connectivity index (χ1n) is 9.89. The molecule has 0 saturated carbocycles. The van der Waals surface area contributed by atoms with Crippen molar-refractivity contribution in [3.05, 3.63) is 102 Å². The third-order valence-electron chi connectivity index (χ3n) is 5.11. The summed E-state index contributed by atoms with van der Waals surface area (Å²) < 4.78 is 54.8. The van der Waals surface area contributed by atoms with Crippen LogP contribution in [0.4, 0.5) is 8.78 Å². The minimum absolute atomic E-state index is 0.0442. The number of halogens is 2. The van der Waals surface area contributed by atoms with Crippen LogP contribution < -0.4 is 5.32 Å². The molecule has 0 aliphatic heterocycles. The highest BCUT2D eigenvalue weighted by Crippen LogP contribution is 2.28. The fraction of sp³-hybridized carbons (Fsp3) is 0.125. The molecule has 0 spiro atoms. The Bertz CT molecular complexity index is 1380. The quantitative estimate of drug-likeness (QED) is 0.455. The molecule has 0 saturated heterocycles. The van der Waals surface area contributed by atoms with Gasteiger partial charge in [0.1, 0.15) is 18.2 Å². The minimum atomic E-state index is -3.86. The van der Waals surface area contributed by atoms with Crippen LogP contribution in [0.15, 0.2) is 83.9 Å². The van der Waals surface area contributed by atoms with Crippen LogP contribution in [0.3, 0.4) is 0 Å². The Balaban J connectivity index is 1.58. The van der Waals surface area contributed by atoms with Crippen molar-refractivity contribution in [3.63, 3.8) is 0 Å². The van der Waals surface area contributed by atoms with E-state index in [1.165, 1.54) is 36.5 Å². The lowest BCUT2D eigenvalue weighted by Crippen LogP contribution is -2.26. The molecule has 5 nitrogen and oxygen atoms in total. The lowest BCUT2D eigenvalue weighted by Gasteiger charge is -2.07. The molecule has 1 N–H and O–H groups in total. The smallest absolute Gasteiger partial charge is 0.240 e. The second-order valence-corrected chi connectivity index (χ2v) is 9.35. The molecule has 164 valence electrons. The third-order valence-corrected chi connectivity index (χ3v) is 6.79. The lowest BCUT2D eigenvalue weighted by molar-refractivity contribution is -0.121. The molecular formula is C24H20F2N2O3S. The number of hydrogen-bond acceptors (Lipinski definition) is 3. The maximum Gasteiger partial charge on any atom is 0.240 e. The van der Waals surface area contributed by atoms with E-state index in [0.29, 0.717) is 10.9 Å².